The van der Waals surface area contributed by atoms with Crippen LogP contribution in [0.15, 0.2) is 48.7 Å². The molecule has 1 heterocycles. The highest BCUT2D eigenvalue weighted by Gasteiger charge is 2.01. The van der Waals surface area contributed by atoms with Crippen molar-refractivity contribution in [2.75, 3.05) is 0 Å². The van der Waals surface area contributed by atoms with Gasteiger partial charge < -0.3 is 0 Å². The smallest absolute Gasteiger partial charge is 0.0991 e. The molecule has 3 aromatic rings. The van der Waals surface area contributed by atoms with Crippen molar-refractivity contribution in [3.8, 4) is 6.07 Å². The summed E-state index contributed by atoms with van der Waals surface area (Å²) < 4.78 is 0. The number of rotatable bonds is 2. The zero-order valence-corrected chi connectivity index (χ0v) is 9.59. The minimum Gasteiger partial charge on any atom is -0.278 e. The first-order chi connectivity index (χ1) is 8.85. The number of nitrogens with one attached hydrogen (secondary N) is 1. The van der Waals surface area contributed by atoms with Crippen LogP contribution in [0.3, 0.4) is 0 Å². The van der Waals surface area contributed by atoms with E-state index in [1.807, 2.05) is 36.8 Å². The van der Waals surface area contributed by atoms with Crippen LogP contribution in [0.5, 0.6) is 0 Å². The molecule has 1 aromatic heterocycles. The van der Waals surface area contributed by atoms with Gasteiger partial charge in [-0.2, -0.15) is 10.4 Å². The molecule has 1 radical (unpaired) electrons. The molecule has 0 aliphatic carbocycles. The fraction of sp³-hybridized carbons (Fsp3) is 0. The van der Waals surface area contributed by atoms with Gasteiger partial charge in [0.15, 0.2) is 0 Å². The van der Waals surface area contributed by atoms with Crippen molar-refractivity contribution in [1.82, 2.24) is 10.2 Å². The summed E-state index contributed by atoms with van der Waals surface area (Å²) in [5.41, 5.74) is 3.82. The first-order valence-corrected chi connectivity index (χ1v) is 5.63. The number of H-pyrrole nitrogens is 1. The average Bonchev–Trinajstić information content (AvgIpc) is 2.86. The lowest BCUT2D eigenvalue weighted by molar-refractivity contribution is 1.12. The van der Waals surface area contributed by atoms with Crippen LogP contribution in [0, 0.1) is 17.8 Å². The molecular weight excluding hydrogens is 222 g/mol. The second-order valence-corrected chi connectivity index (χ2v) is 4.10. The Morgan fingerprint density at radius 2 is 2.00 bits per heavy atom. The van der Waals surface area contributed by atoms with Gasteiger partial charge >= 0.3 is 0 Å². The predicted octanol–water partition coefficient (Wildman–Crippen LogP) is 3.04. The molecule has 0 saturated heterocycles. The molecule has 0 aliphatic rings. The zero-order chi connectivity index (χ0) is 12.4. The Balaban J connectivity index is 1.93. The van der Waals surface area contributed by atoms with E-state index in [0.29, 0.717) is 5.56 Å². The summed E-state index contributed by atoms with van der Waals surface area (Å²) in [5.74, 6) is 0. The molecule has 3 rings (SSSR count). The Morgan fingerprint density at radius 3 is 2.89 bits per heavy atom. The van der Waals surface area contributed by atoms with Crippen molar-refractivity contribution in [2.24, 2.45) is 0 Å². The van der Waals surface area contributed by atoms with Gasteiger partial charge in [0.25, 0.3) is 0 Å². The molecule has 0 amide bonds. The molecule has 0 fully saturated rings. The van der Waals surface area contributed by atoms with E-state index < -0.39 is 0 Å². The first kappa shape index (κ1) is 10.5. The maximum atomic E-state index is 8.87. The highest BCUT2D eigenvalue weighted by atomic mass is 15.1. The van der Waals surface area contributed by atoms with Crippen molar-refractivity contribution in [2.45, 2.75) is 0 Å². The lowest BCUT2D eigenvalue weighted by Gasteiger charge is -2.02. The number of nitrogens with zero attached hydrogens (tertiary/aromatic N) is 2. The zero-order valence-electron chi connectivity index (χ0n) is 9.59. The van der Waals surface area contributed by atoms with Crippen molar-refractivity contribution in [3.63, 3.8) is 0 Å². The van der Waals surface area contributed by atoms with Gasteiger partial charge in [-0.05, 0) is 35.4 Å². The highest BCUT2D eigenvalue weighted by Crippen LogP contribution is 2.18. The van der Waals surface area contributed by atoms with Crippen LogP contribution < -0.4 is 0 Å². The van der Waals surface area contributed by atoms with E-state index in [-0.39, 0.29) is 0 Å². The van der Waals surface area contributed by atoms with Gasteiger partial charge in [-0.1, -0.05) is 18.2 Å². The molecule has 0 spiro atoms. The SMILES string of the molecule is N#Cc1cccc([CH]c2ccc3[nH]ncc3c2)c1. The topological polar surface area (TPSA) is 52.5 Å². The van der Waals surface area contributed by atoms with E-state index in [0.717, 1.165) is 22.0 Å². The summed E-state index contributed by atoms with van der Waals surface area (Å²) in [6.45, 7) is 0. The van der Waals surface area contributed by atoms with Crippen LogP contribution >= 0.6 is 0 Å². The number of hydrogen-bond donors (Lipinski definition) is 1. The van der Waals surface area contributed by atoms with Crippen molar-refractivity contribution in [1.29, 1.82) is 5.26 Å². The fourth-order valence-corrected chi connectivity index (χ4v) is 1.94. The van der Waals surface area contributed by atoms with E-state index >= 15 is 0 Å². The number of fused-ring (bicyclic) bond motifs is 1. The van der Waals surface area contributed by atoms with E-state index in [4.69, 9.17) is 5.26 Å². The first-order valence-electron chi connectivity index (χ1n) is 5.63. The van der Waals surface area contributed by atoms with Crippen molar-refractivity contribution < 1.29 is 0 Å². The van der Waals surface area contributed by atoms with Crippen molar-refractivity contribution >= 4 is 10.9 Å². The predicted molar refractivity (Wildman–Crippen MR) is 69.8 cm³/mol. The summed E-state index contributed by atoms with van der Waals surface area (Å²) in [6.07, 6.45) is 3.85. The van der Waals surface area contributed by atoms with Gasteiger partial charge in [0, 0.05) is 11.8 Å². The monoisotopic (exact) mass is 232 g/mol. The number of hydrogen-bond acceptors (Lipinski definition) is 2. The van der Waals surface area contributed by atoms with E-state index in [1.54, 1.807) is 12.3 Å². The summed E-state index contributed by atoms with van der Waals surface area (Å²) in [7, 11) is 0. The minimum absolute atomic E-state index is 0.674. The van der Waals surface area contributed by atoms with Crippen LogP contribution in [0.2, 0.25) is 0 Å². The Morgan fingerprint density at radius 1 is 1.11 bits per heavy atom. The molecule has 3 nitrogen and oxygen atoms in total. The average molecular weight is 232 g/mol. The molecule has 0 saturated carbocycles. The molecule has 0 unspecified atom stereocenters. The summed E-state index contributed by atoms with van der Waals surface area (Å²) in [4.78, 5) is 0. The number of aromatic amines is 1. The summed E-state index contributed by atoms with van der Waals surface area (Å²) in [6, 6.07) is 15.8. The van der Waals surface area contributed by atoms with Gasteiger partial charge in [0.2, 0.25) is 0 Å². The van der Waals surface area contributed by atoms with Crippen LogP contribution in [0.25, 0.3) is 10.9 Å². The molecule has 1 N–H and O–H groups in total. The van der Waals surface area contributed by atoms with E-state index in [9.17, 15) is 0 Å². The van der Waals surface area contributed by atoms with Gasteiger partial charge in [0.05, 0.1) is 23.3 Å². The molecule has 2 aromatic carbocycles. The van der Waals surface area contributed by atoms with E-state index in [2.05, 4.69) is 22.3 Å². The second-order valence-electron chi connectivity index (χ2n) is 4.10. The molecular formula is C15H10N3. The Labute approximate surface area is 105 Å². The highest BCUT2D eigenvalue weighted by molar-refractivity contribution is 5.79. The Kier molecular flexibility index (Phi) is 2.54. The summed E-state index contributed by atoms with van der Waals surface area (Å²) in [5, 5.41) is 16.9. The van der Waals surface area contributed by atoms with Gasteiger partial charge in [-0.15, -0.1) is 0 Å². The van der Waals surface area contributed by atoms with E-state index in [1.165, 1.54) is 0 Å². The molecule has 3 heteroatoms. The third kappa shape index (κ3) is 1.96. The van der Waals surface area contributed by atoms with Gasteiger partial charge in [-0.25, -0.2) is 0 Å². The van der Waals surface area contributed by atoms with Crippen LogP contribution in [-0.2, 0) is 0 Å². The van der Waals surface area contributed by atoms with Crippen LogP contribution in [0.1, 0.15) is 16.7 Å². The quantitative estimate of drug-likeness (QED) is 0.738. The lowest BCUT2D eigenvalue weighted by atomic mass is 10.0. The molecule has 85 valence electrons. The maximum absolute atomic E-state index is 8.87. The number of benzene rings is 2. The van der Waals surface area contributed by atoms with Crippen molar-refractivity contribution in [3.05, 3.63) is 71.8 Å². The summed E-state index contributed by atoms with van der Waals surface area (Å²) >= 11 is 0. The molecule has 0 bridgehead atoms. The normalized spacial score (nSPS) is 10.4. The van der Waals surface area contributed by atoms with Crippen LogP contribution in [0.4, 0.5) is 0 Å². The third-order valence-electron chi connectivity index (χ3n) is 2.81. The van der Waals surface area contributed by atoms with Gasteiger partial charge in [0.1, 0.15) is 0 Å². The Hall–Kier alpha value is -2.60. The minimum atomic E-state index is 0.674. The third-order valence-corrected chi connectivity index (χ3v) is 2.81. The second kappa shape index (κ2) is 4.34. The van der Waals surface area contributed by atoms with Gasteiger partial charge in [-0.3, -0.25) is 5.10 Å². The maximum Gasteiger partial charge on any atom is 0.0991 e. The Bertz CT molecular complexity index is 735. The van der Waals surface area contributed by atoms with Crippen LogP contribution in [-0.4, -0.2) is 10.2 Å². The number of nitriles is 1. The molecule has 0 atom stereocenters. The standard InChI is InChI=1S/C15H10N3/c16-9-13-3-1-2-11(7-13)6-12-4-5-15-14(8-12)10-17-18-15/h1-8,10H,(H,17,18). The molecule has 0 aliphatic heterocycles. The largest absolute Gasteiger partial charge is 0.278 e. The molecule has 18 heavy (non-hydrogen) atoms. The fourth-order valence-electron chi connectivity index (χ4n) is 1.94. The number of aromatic nitrogens is 2. The lowest BCUT2D eigenvalue weighted by Crippen LogP contribution is -1.86.